The minimum absolute atomic E-state index is 0.0888. The van der Waals surface area contributed by atoms with Crippen molar-refractivity contribution in [1.29, 1.82) is 0 Å². The van der Waals surface area contributed by atoms with Gasteiger partial charge in [0.1, 0.15) is 5.82 Å². The summed E-state index contributed by atoms with van der Waals surface area (Å²) in [6, 6.07) is 19.9. The van der Waals surface area contributed by atoms with Crippen LogP contribution in [0.5, 0.6) is 0 Å². The molecule has 0 aliphatic rings. The van der Waals surface area contributed by atoms with Gasteiger partial charge in [0.05, 0.1) is 4.47 Å². The first kappa shape index (κ1) is 14.7. The van der Waals surface area contributed by atoms with E-state index in [9.17, 15) is 4.39 Å². The van der Waals surface area contributed by atoms with E-state index in [1.54, 1.807) is 12.1 Å². The number of fused-ring (bicyclic) bond motifs is 1. The predicted molar refractivity (Wildman–Crippen MR) is 93.4 cm³/mol. The van der Waals surface area contributed by atoms with Gasteiger partial charge in [0.15, 0.2) is 0 Å². The molecule has 0 spiro atoms. The third kappa shape index (κ3) is 3.19. The topological polar surface area (TPSA) is 0 Å². The van der Waals surface area contributed by atoms with Crippen LogP contribution in [-0.2, 0) is 6.42 Å². The van der Waals surface area contributed by atoms with Gasteiger partial charge in [0.2, 0.25) is 0 Å². The van der Waals surface area contributed by atoms with Gasteiger partial charge < -0.3 is 0 Å². The van der Waals surface area contributed by atoms with Gasteiger partial charge in [0, 0.05) is 4.83 Å². The number of halogens is 3. The van der Waals surface area contributed by atoms with Gasteiger partial charge >= 0.3 is 0 Å². The molecule has 106 valence electrons. The Kier molecular flexibility index (Phi) is 4.41. The van der Waals surface area contributed by atoms with Gasteiger partial charge in [-0.2, -0.15) is 0 Å². The first-order valence-corrected chi connectivity index (χ1v) is 8.41. The van der Waals surface area contributed by atoms with Crippen molar-refractivity contribution in [3.8, 4) is 0 Å². The van der Waals surface area contributed by atoms with E-state index in [1.807, 2.05) is 18.2 Å². The third-order valence-corrected chi connectivity index (χ3v) is 5.08. The molecular formula is C18H13Br2F. The van der Waals surface area contributed by atoms with Gasteiger partial charge in [-0.1, -0.05) is 64.5 Å². The molecule has 0 fully saturated rings. The summed E-state index contributed by atoms with van der Waals surface area (Å²) in [5, 5.41) is 2.48. The van der Waals surface area contributed by atoms with E-state index in [-0.39, 0.29) is 10.6 Å². The molecule has 0 aromatic heterocycles. The maximum atomic E-state index is 13.7. The number of hydrogen-bond donors (Lipinski definition) is 0. The largest absolute Gasteiger partial charge is 0.206 e. The Hall–Kier alpha value is -1.19. The van der Waals surface area contributed by atoms with Crippen LogP contribution in [0.15, 0.2) is 65.1 Å². The predicted octanol–water partition coefficient (Wildman–Crippen LogP) is 6.42. The molecule has 3 aromatic carbocycles. The standard InChI is InChI=1S/C18H13Br2F/c19-16-9-8-14(11-18(16)21)17(20)10-13-6-3-5-12-4-1-2-7-15(12)13/h1-9,11,17H,10H2. The van der Waals surface area contributed by atoms with E-state index in [4.69, 9.17) is 0 Å². The second-order valence-electron chi connectivity index (χ2n) is 4.98. The summed E-state index contributed by atoms with van der Waals surface area (Å²) >= 11 is 6.87. The van der Waals surface area contributed by atoms with Gasteiger partial charge in [-0.25, -0.2) is 4.39 Å². The summed E-state index contributed by atoms with van der Waals surface area (Å²) in [6.07, 6.45) is 0.822. The van der Waals surface area contributed by atoms with Crippen LogP contribution < -0.4 is 0 Å². The van der Waals surface area contributed by atoms with E-state index >= 15 is 0 Å². The van der Waals surface area contributed by atoms with Crippen molar-refractivity contribution in [2.24, 2.45) is 0 Å². The van der Waals surface area contributed by atoms with Gasteiger partial charge in [0.25, 0.3) is 0 Å². The molecule has 1 unspecified atom stereocenters. The molecule has 3 aromatic rings. The Morgan fingerprint density at radius 3 is 2.52 bits per heavy atom. The molecule has 0 saturated carbocycles. The molecule has 0 heterocycles. The van der Waals surface area contributed by atoms with Crippen molar-refractivity contribution in [2.45, 2.75) is 11.2 Å². The first-order valence-electron chi connectivity index (χ1n) is 6.71. The summed E-state index contributed by atoms with van der Waals surface area (Å²) < 4.78 is 14.2. The molecule has 0 saturated heterocycles. The highest BCUT2D eigenvalue weighted by atomic mass is 79.9. The molecule has 0 bridgehead atoms. The van der Waals surface area contributed by atoms with Crippen LogP contribution in [0.3, 0.4) is 0 Å². The highest BCUT2D eigenvalue weighted by Crippen LogP contribution is 2.31. The Morgan fingerprint density at radius 2 is 1.71 bits per heavy atom. The number of alkyl halides is 1. The average molecular weight is 408 g/mol. The Labute approximate surface area is 140 Å². The molecule has 21 heavy (non-hydrogen) atoms. The van der Waals surface area contributed by atoms with Crippen LogP contribution in [0, 0.1) is 5.82 Å². The first-order chi connectivity index (χ1) is 10.1. The lowest BCUT2D eigenvalue weighted by Gasteiger charge is -2.13. The fourth-order valence-corrected chi connectivity index (χ4v) is 3.37. The van der Waals surface area contributed by atoms with Crippen LogP contribution in [0.1, 0.15) is 16.0 Å². The lowest BCUT2D eigenvalue weighted by Crippen LogP contribution is -1.97. The number of rotatable bonds is 3. The fraction of sp³-hybridized carbons (Fsp3) is 0.111. The van der Waals surface area contributed by atoms with Crippen LogP contribution in [-0.4, -0.2) is 0 Å². The zero-order chi connectivity index (χ0) is 14.8. The zero-order valence-corrected chi connectivity index (χ0v) is 14.4. The van der Waals surface area contributed by atoms with Crippen LogP contribution in [0.4, 0.5) is 4.39 Å². The average Bonchev–Trinajstić information content (AvgIpc) is 2.50. The minimum atomic E-state index is -0.227. The monoisotopic (exact) mass is 406 g/mol. The van der Waals surface area contributed by atoms with Crippen molar-refractivity contribution in [3.05, 3.63) is 82.1 Å². The number of benzene rings is 3. The fourth-order valence-electron chi connectivity index (χ4n) is 2.49. The van der Waals surface area contributed by atoms with Gasteiger partial charge in [-0.3, -0.25) is 0 Å². The molecule has 0 aliphatic carbocycles. The van der Waals surface area contributed by atoms with Crippen LogP contribution in [0.25, 0.3) is 10.8 Å². The van der Waals surface area contributed by atoms with Crippen molar-refractivity contribution >= 4 is 42.6 Å². The second kappa shape index (κ2) is 6.29. The third-order valence-electron chi connectivity index (χ3n) is 3.58. The Morgan fingerprint density at radius 1 is 0.952 bits per heavy atom. The van der Waals surface area contributed by atoms with Crippen LogP contribution >= 0.6 is 31.9 Å². The normalized spacial score (nSPS) is 12.5. The van der Waals surface area contributed by atoms with Crippen molar-refractivity contribution in [2.75, 3.05) is 0 Å². The maximum absolute atomic E-state index is 13.7. The molecule has 3 rings (SSSR count). The molecule has 0 radical (unpaired) electrons. The van der Waals surface area contributed by atoms with Gasteiger partial charge in [-0.15, -0.1) is 0 Å². The zero-order valence-electron chi connectivity index (χ0n) is 11.2. The summed E-state index contributed by atoms with van der Waals surface area (Å²) in [7, 11) is 0. The van der Waals surface area contributed by atoms with Crippen molar-refractivity contribution in [1.82, 2.24) is 0 Å². The second-order valence-corrected chi connectivity index (χ2v) is 6.94. The van der Waals surface area contributed by atoms with E-state index in [0.717, 1.165) is 12.0 Å². The summed E-state index contributed by atoms with van der Waals surface area (Å²) in [6.45, 7) is 0. The van der Waals surface area contributed by atoms with Crippen molar-refractivity contribution in [3.63, 3.8) is 0 Å². The molecular weight excluding hydrogens is 395 g/mol. The lowest BCUT2D eigenvalue weighted by atomic mass is 9.98. The maximum Gasteiger partial charge on any atom is 0.137 e. The highest BCUT2D eigenvalue weighted by Gasteiger charge is 2.12. The van der Waals surface area contributed by atoms with Crippen LogP contribution in [0.2, 0.25) is 0 Å². The summed E-state index contributed by atoms with van der Waals surface area (Å²) in [5.41, 5.74) is 2.21. The SMILES string of the molecule is Fc1cc(C(Br)Cc2cccc3ccccc23)ccc1Br. The summed E-state index contributed by atoms with van der Waals surface area (Å²) in [4.78, 5) is 0.0888. The lowest BCUT2D eigenvalue weighted by molar-refractivity contribution is 0.618. The molecule has 0 nitrogen and oxygen atoms in total. The van der Waals surface area contributed by atoms with E-state index in [0.29, 0.717) is 4.47 Å². The molecule has 3 heteroatoms. The van der Waals surface area contributed by atoms with E-state index in [1.165, 1.54) is 16.3 Å². The molecule has 0 N–H and O–H groups in total. The quantitative estimate of drug-likeness (QED) is 0.439. The molecule has 0 amide bonds. The number of hydrogen-bond acceptors (Lipinski definition) is 0. The minimum Gasteiger partial charge on any atom is -0.206 e. The van der Waals surface area contributed by atoms with Crippen molar-refractivity contribution < 1.29 is 4.39 Å². The summed E-state index contributed by atoms with van der Waals surface area (Å²) in [5.74, 6) is -0.227. The van der Waals surface area contributed by atoms with Gasteiger partial charge in [-0.05, 0) is 56.4 Å². The molecule has 1 atom stereocenters. The molecule has 0 aliphatic heterocycles. The smallest absolute Gasteiger partial charge is 0.137 e. The van der Waals surface area contributed by atoms with E-state index in [2.05, 4.69) is 62.2 Å². The van der Waals surface area contributed by atoms with E-state index < -0.39 is 0 Å². The Balaban J connectivity index is 1.92. The highest BCUT2D eigenvalue weighted by molar-refractivity contribution is 9.10. The Bertz CT molecular complexity index is 778.